The number of rotatable bonds is 2. The number of hydrogen-bond donors (Lipinski definition) is 2. The van der Waals surface area contributed by atoms with Gasteiger partial charge in [0, 0.05) is 4.88 Å². The minimum atomic E-state index is -0.147. The Bertz CT molecular complexity index is 231. The maximum atomic E-state index is 8.93. The normalized spacial score (nSPS) is 12.9. The standard InChI is InChI=1S/C7H9NOS/c1-2-5(8)6-3-4-7(9)10-6/h2-5,9H,1,8H2. The van der Waals surface area contributed by atoms with Crippen LogP contribution in [-0.4, -0.2) is 5.11 Å². The molecule has 3 heteroatoms. The summed E-state index contributed by atoms with van der Waals surface area (Å²) in [5.74, 6) is 0. The van der Waals surface area contributed by atoms with Crippen molar-refractivity contribution in [3.8, 4) is 5.06 Å². The first kappa shape index (κ1) is 7.31. The van der Waals surface area contributed by atoms with Crippen molar-refractivity contribution in [2.24, 2.45) is 5.73 Å². The molecule has 0 aliphatic rings. The third-order valence-corrected chi connectivity index (χ3v) is 2.18. The Balaban J connectivity index is 2.84. The van der Waals surface area contributed by atoms with E-state index in [-0.39, 0.29) is 6.04 Å². The largest absolute Gasteiger partial charge is 0.499 e. The predicted molar refractivity (Wildman–Crippen MR) is 43.1 cm³/mol. The van der Waals surface area contributed by atoms with Gasteiger partial charge in [0.15, 0.2) is 5.06 Å². The Hall–Kier alpha value is -0.800. The van der Waals surface area contributed by atoms with Crippen LogP contribution in [0.5, 0.6) is 5.06 Å². The first-order chi connectivity index (χ1) is 4.74. The molecule has 3 N–H and O–H groups in total. The third kappa shape index (κ3) is 1.37. The van der Waals surface area contributed by atoms with E-state index in [9.17, 15) is 0 Å². The SMILES string of the molecule is C=CC(N)c1ccc(O)s1. The van der Waals surface area contributed by atoms with Gasteiger partial charge in [0.1, 0.15) is 0 Å². The van der Waals surface area contributed by atoms with E-state index in [1.165, 1.54) is 11.3 Å². The molecular weight excluding hydrogens is 146 g/mol. The van der Waals surface area contributed by atoms with Crippen molar-refractivity contribution in [1.29, 1.82) is 0 Å². The van der Waals surface area contributed by atoms with Crippen molar-refractivity contribution in [2.45, 2.75) is 6.04 Å². The minimum absolute atomic E-state index is 0.147. The lowest BCUT2D eigenvalue weighted by Gasteiger charge is -1.98. The van der Waals surface area contributed by atoms with Crippen LogP contribution in [0.25, 0.3) is 0 Å². The van der Waals surface area contributed by atoms with E-state index < -0.39 is 0 Å². The van der Waals surface area contributed by atoms with Crippen molar-refractivity contribution in [2.75, 3.05) is 0 Å². The molecule has 0 bridgehead atoms. The van der Waals surface area contributed by atoms with Crippen LogP contribution < -0.4 is 5.73 Å². The Morgan fingerprint density at radius 2 is 2.40 bits per heavy atom. The predicted octanol–water partition coefficient (Wildman–Crippen LogP) is 1.64. The lowest BCUT2D eigenvalue weighted by Crippen LogP contribution is -2.03. The van der Waals surface area contributed by atoms with Gasteiger partial charge >= 0.3 is 0 Å². The Morgan fingerprint density at radius 3 is 2.80 bits per heavy atom. The Kier molecular flexibility index (Phi) is 2.09. The van der Waals surface area contributed by atoms with Gasteiger partial charge in [0.2, 0.25) is 0 Å². The highest BCUT2D eigenvalue weighted by Gasteiger charge is 2.03. The fraction of sp³-hybridized carbons (Fsp3) is 0.143. The molecule has 1 aromatic heterocycles. The second-order valence-electron chi connectivity index (χ2n) is 1.94. The number of thiophene rings is 1. The molecule has 0 fully saturated rings. The second kappa shape index (κ2) is 2.86. The van der Waals surface area contributed by atoms with Gasteiger partial charge in [-0.2, -0.15) is 0 Å². The maximum Gasteiger partial charge on any atom is 0.171 e. The summed E-state index contributed by atoms with van der Waals surface area (Å²) >= 11 is 1.28. The highest BCUT2D eigenvalue weighted by atomic mass is 32.1. The van der Waals surface area contributed by atoms with E-state index in [4.69, 9.17) is 10.8 Å². The molecule has 1 heterocycles. The fourth-order valence-corrected chi connectivity index (χ4v) is 1.38. The zero-order chi connectivity index (χ0) is 7.56. The van der Waals surface area contributed by atoms with Crippen LogP contribution in [0.3, 0.4) is 0 Å². The third-order valence-electron chi connectivity index (χ3n) is 1.20. The number of hydrogen-bond acceptors (Lipinski definition) is 3. The summed E-state index contributed by atoms with van der Waals surface area (Å²) < 4.78 is 0. The molecule has 0 aliphatic heterocycles. The average molecular weight is 155 g/mol. The van der Waals surface area contributed by atoms with E-state index in [0.717, 1.165) is 4.88 Å². The van der Waals surface area contributed by atoms with Gasteiger partial charge in [-0.25, -0.2) is 0 Å². The summed E-state index contributed by atoms with van der Waals surface area (Å²) in [6, 6.07) is 3.28. The summed E-state index contributed by atoms with van der Waals surface area (Å²) in [6.07, 6.45) is 1.64. The molecule has 2 nitrogen and oxygen atoms in total. The van der Waals surface area contributed by atoms with Crippen molar-refractivity contribution >= 4 is 11.3 Å². The molecule has 1 rings (SSSR count). The maximum absolute atomic E-state index is 8.93. The molecule has 0 amide bonds. The highest BCUT2D eigenvalue weighted by Crippen LogP contribution is 2.26. The summed E-state index contributed by atoms with van der Waals surface area (Å²) in [6.45, 7) is 3.55. The number of nitrogens with two attached hydrogens (primary N) is 1. The molecular formula is C7H9NOS. The highest BCUT2D eigenvalue weighted by molar-refractivity contribution is 7.13. The molecule has 1 atom stereocenters. The van der Waals surface area contributed by atoms with Crippen LogP contribution in [-0.2, 0) is 0 Å². The Morgan fingerprint density at radius 1 is 1.70 bits per heavy atom. The summed E-state index contributed by atoms with van der Waals surface area (Å²) in [7, 11) is 0. The zero-order valence-corrected chi connectivity index (χ0v) is 6.27. The van der Waals surface area contributed by atoms with Gasteiger partial charge in [-0.1, -0.05) is 6.08 Å². The Labute approximate surface area is 63.6 Å². The first-order valence-corrected chi connectivity index (χ1v) is 3.72. The van der Waals surface area contributed by atoms with Gasteiger partial charge in [-0.05, 0) is 12.1 Å². The monoisotopic (exact) mass is 155 g/mol. The summed E-state index contributed by atoms with van der Waals surface area (Å²) in [5.41, 5.74) is 5.59. The van der Waals surface area contributed by atoms with E-state index in [1.54, 1.807) is 18.2 Å². The first-order valence-electron chi connectivity index (χ1n) is 2.91. The molecule has 0 saturated heterocycles. The van der Waals surface area contributed by atoms with Crippen LogP contribution >= 0.6 is 11.3 Å². The van der Waals surface area contributed by atoms with Gasteiger partial charge in [0.05, 0.1) is 6.04 Å². The van der Waals surface area contributed by atoms with Crippen molar-refractivity contribution in [3.63, 3.8) is 0 Å². The molecule has 0 saturated carbocycles. The lowest BCUT2D eigenvalue weighted by atomic mass is 10.2. The minimum Gasteiger partial charge on any atom is -0.499 e. The summed E-state index contributed by atoms with van der Waals surface area (Å²) in [5, 5.41) is 9.22. The van der Waals surface area contributed by atoms with Crippen molar-refractivity contribution < 1.29 is 5.11 Å². The molecule has 0 radical (unpaired) electrons. The molecule has 54 valence electrons. The van der Waals surface area contributed by atoms with Gasteiger partial charge in [-0.3, -0.25) is 0 Å². The van der Waals surface area contributed by atoms with Gasteiger partial charge in [-0.15, -0.1) is 17.9 Å². The van der Waals surface area contributed by atoms with E-state index in [2.05, 4.69) is 6.58 Å². The average Bonchev–Trinajstić information content (AvgIpc) is 2.34. The van der Waals surface area contributed by atoms with Crippen LogP contribution in [0.15, 0.2) is 24.8 Å². The quantitative estimate of drug-likeness (QED) is 0.638. The smallest absolute Gasteiger partial charge is 0.171 e. The topological polar surface area (TPSA) is 46.2 Å². The van der Waals surface area contributed by atoms with Crippen molar-refractivity contribution in [3.05, 3.63) is 29.7 Å². The lowest BCUT2D eigenvalue weighted by molar-refractivity contribution is 0.491. The molecule has 1 unspecified atom stereocenters. The van der Waals surface area contributed by atoms with Crippen LogP contribution in [0.4, 0.5) is 0 Å². The van der Waals surface area contributed by atoms with Crippen LogP contribution in [0, 0.1) is 0 Å². The van der Waals surface area contributed by atoms with Gasteiger partial charge < -0.3 is 10.8 Å². The fourth-order valence-electron chi connectivity index (χ4n) is 0.638. The molecule has 10 heavy (non-hydrogen) atoms. The van der Waals surface area contributed by atoms with E-state index >= 15 is 0 Å². The van der Waals surface area contributed by atoms with Crippen LogP contribution in [0.1, 0.15) is 10.9 Å². The van der Waals surface area contributed by atoms with E-state index in [1.807, 2.05) is 0 Å². The van der Waals surface area contributed by atoms with Crippen molar-refractivity contribution in [1.82, 2.24) is 0 Å². The summed E-state index contributed by atoms with van der Waals surface area (Å²) in [4.78, 5) is 0.938. The van der Waals surface area contributed by atoms with Crippen LogP contribution in [0.2, 0.25) is 0 Å². The molecule has 0 aliphatic carbocycles. The molecule has 1 aromatic rings. The molecule has 0 spiro atoms. The second-order valence-corrected chi connectivity index (χ2v) is 3.03. The zero-order valence-electron chi connectivity index (χ0n) is 5.45. The number of aromatic hydroxyl groups is 1. The van der Waals surface area contributed by atoms with E-state index in [0.29, 0.717) is 5.06 Å². The van der Waals surface area contributed by atoms with Gasteiger partial charge in [0.25, 0.3) is 0 Å². The molecule has 0 aromatic carbocycles.